The summed E-state index contributed by atoms with van der Waals surface area (Å²) in [6, 6.07) is 12.9. The van der Waals surface area contributed by atoms with E-state index in [2.05, 4.69) is 26.0 Å². The average Bonchev–Trinajstić information content (AvgIpc) is 2.46. The second-order valence-electron chi connectivity index (χ2n) is 5.66. The third-order valence-corrected chi connectivity index (χ3v) is 3.52. The van der Waals surface area contributed by atoms with Crippen molar-refractivity contribution in [3.63, 3.8) is 0 Å². The molecule has 2 rings (SSSR count). The van der Waals surface area contributed by atoms with Gasteiger partial charge in [0.1, 0.15) is 6.61 Å². The lowest BCUT2D eigenvalue weighted by molar-refractivity contribution is 0.290. The standard InChI is InChI=1S/C18H22FNO/c1-12(2)15-6-4-14(5-7-15)11-21-18-9-8-16(13(3)20)10-17(18)19/h4-10,12-13H,11,20H2,1-3H3/t13-/m0/s1. The highest BCUT2D eigenvalue weighted by molar-refractivity contribution is 5.31. The van der Waals surface area contributed by atoms with E-state index >= 15 is 0 Å². The Hall–Kier alpha value is -1.87. The van der Waals surface area contributed by atoms with Gasteiger partial charge in [-0.2, -0.15) is 0 Å². The maximum absolute atomic E-state index is 13.9. The van der Waals surface area contributed by atoms with Crippen LogP contribution in [-0.4, -0.2) is 0 Å². The average molecular weight is 287 g/mol. The fraction of sp³-hybridized carbons (Fsp3) is 0.333. The molecule has 0 unspecified atom stereocenters. The molecule has 0 aliphatic heterocycles. The van der Waals surface area contributed by atoms with Gasteiger partial charge >= 0.3 is 0 Å². The van der Waals surface area contributed by atoms with Gasteiger partial charge in [0, 0.05) is 6.04 Å². The molecule has 1 atom stereocenters. The molecule has 0 aliphatic carbocycles. The van der Waals surface area contributed by atoms with E-state index in [4.69, 9.17) is 10.5 Å². The van der Waals surface area contributed by atoms with E-state index in [-0.39, 0.29) is 17.6 Å². The lowest BCUT2D eigenvalue weighted by Gasteiger charge is -2.11. The van der Waals surface area contributed by atoms with Crippen molar-refractivity contribution >= 4 is 0 Å². The maximum Gasteiger partial charge on any atom is 0.165 e. The molecule has 0 saturated heterocycles. The van der Waals surface area contributed by atoms with Gasteiger partial charge in [-0.15, -0.1) is 0 Å². The van der Waals surface area contributed by atoms with Gasteiger partial charge in [-0.3, -0.25) is 0 Å². The summed E-state index contributed by atoms with van der Waals surface area (Å²) in [5.41, 5.74) is 8.80. The van der Waals surface area contributed by atoms with Crippen LogP contribution in [0.25, 0.3) is 0 Å². The molecule has 2 aromatic rings. The molecule has 3 heteroatoms. The van der Waals surface area contributed by atoms with E-state index in [0.29, 0.717) is 12.5 Å². The fourth-order valence-corrected chi connectivity index (χ4v) is 2.08. The second-order valence-corrected chi connectivity index (χ2v) is 5.66. The Morgan fingerprint density at radius 2 is 1.62 bits per heavy atom. The van der Waals surface area contributed by atoms with Crippen molar-refractivity contribution in [2.75, 3.05) is 0 Å². The number of ether oxygens (including phenoxy) is 1. The zero-order valence-corrected chi connectivity index (χ0v) is 12.8. The first kappa shape index (κ1) is 15.5. The molecule has 0 fully saturated rings. The Kier molecular flexibility index (Phi) is 4.97. The highest BCUT2D eigenvalue weighted by Gasteiger charge is 2.07. The van der Waals surface area contributed by atoms with Gasteiger partial charge in [0.15, 0.2) is 11.6 Å². The highest BCUT2D eigenvalue weighted by Crippen LogP contribution is 2.22. The van der Waals surface area contributed by atoms with Crippen molar-refractivity contribution in [3.05, 3.63) is 65.0 Å². The van der Waals surface area contributed by atoms with Gasteiger partial charge < -0.3 is 10.5 Å². The molecule has 0 heterocycles. The maximum atomic E-state index is 13.9. The lowest BCUT2D eigenvalue weighted by atomic mass is 10.0. The van der Waals surface area contributed by atoms with Crippen molar-refractivity contribution < 1.29 is 9.13 Å². The van der Waals surface area contributed by atoms with E-state index in [1.165, 1.54) is 11.6 Å². The Labute approximate surface area is 125 Å². The second kappa shape index (κ2) is 6.72. The third-order valence-electron chi connectivity index (χ3n) is 3.52. The number of rotatable bonds is 5. The van der Waals surface area contributed by atoms with E-state index in [9.17, 15) is 4.39 Å². The van der Waals surface area contributed by atoms with Crippen LogP contribution in [0, 0.1) is 5.82 Å². The molecular formula is C18H22FNO. The highest BCUT2D eigenvalue weighted by atomic mass is 19.1. The van der Waals surface area contributed by atoms with Crippen LogP contribution in [0.5, 0.6) is 5.75 Å². The van der Waals surface area contributed by atoms with Crippen molar-refractivity contribution in [1.82, 2.24) is 0 Å². The topological polar surface area (TPSA) is 35.2 Å². The largest absolute Gasteiger partial charge is 0.486 e. The van der Waals surface area contributed by atoms with Gasteiger partial charge in [-0.25, -0.2) is 4.39 Å². The lowest BCUT2D eigenvalue weighted by Crippen LogP contribution is -2.06. The summed E-state index contributed by atoms with van der Waals surface area (Å²) in [6.07, 6.45) is 0. The van der Waals surface area contributed by atoms with Crippen LogP contribution in [0.2, 0.25) is 0 Å². The summed E-state index contributed by atoms with van der Waals surface area (Å²) in [4.78, 5) is 0. The molecule has 2 aromatic carbocycles. The first-order valence-electron chi connectivity index (χ1n) is 7.24. The molecule has 21 heavy (non-hydrogen) atoms. The molecule has 0 radical (unpaired) electrons. The van der Waals surface area contributed by atoms with Gasteiger partial charge in [-0.1, -0.05) is 44.2 Å². The monoisotopic (exact) mass is 287 g/mol. The quantitative estimate of drug-likeness (QED) is 0.875. The van der Waals surface area contributed by atoms with Crippen molar-refractivity contribution in [1.29, 1.82) is 0 Å². The van der Waals surface area contributed by atoms with Crippen LogP contribution in [0.3, 0.4) is 0 Å². The fourth-order valence-electron chi connectivity index (χ4n) is 2.08. The van der Waals surface area contributed by atoms with Crippen LogP contribution < -0.4 is 10.5 Å². The Morgan fingerprint density at radius 3 is 2.14 bits per heavy atom. The molecule has 2 nitrogen and oxygen atoms in total. The number of hydrogen-bond acceptors (Lipinski definition) is 2. The minimum Gasteiger partial charge on any atom is -0.486 e. The van der Waals surface area contributed by atoms with Crippen LogP contribution in [0.15, 0.2) is 42.5 Å². The van der Waals surface area contributed by atoms with Crippen molar-refractivity contribution in [3.8, 4) is 5.75 Å². The molecule has 0 amide bonds. The molecule has 0 spiro atoms. The Balaban J connectivity index is 2.02. The van der Waals surface area contributed by atoms with Crippen molar-refractivity contribution in [2.24, 2.45) is 5.73 Å². The first-order chi connectivity index (χ1) is 9.97. The summed E-state index contributed by atoms with van der Waals surface area (Å²) in [7, 11) is 0. The minimum absolute atomic E-state index is 0.183. The van der Waals surface area contributed by atoms with Crippen LogP contribution in [-0.2, 0) is 6.61 Å². The van der Waals surface area contributed by atoms with Crippen LogP contribution in [0.4, 0.5) is 4.39 Å². The van der Waals surface area contributed by atoms with E-state index in [1.807, 2.05) is 19.1 Å². The van der Waals surface area contributed by atoms with Crippen LogP contribution in [0.1, 0.15) is 49.4 Å². The number of nitrogens with two attached hydrogens (primary N) is 1. The summed E-state index contributed by atoms with van der Waals surface area (Å²) in [5, 5.41) is 0. The molecular weight excluding hydrogens is 265 g/mol. The van der Waals surface area contributed by atoms with Gasteiger partial charge in [0.2, 0.25) is 0 Å². The predicted octanol–water partition coefficient (Wildman–Crippen LogP) is 4.55. The summed E-state index contributed by atoms with van der Waals surface area (Å²) >= 11 is 0. The summed E-state index contributed by atoms with van der Waals surface area (Å²) < 4.78 is 19.4. The Bertz CT molecular complexity index is 591. The molecule has 112 valence electrons. The predicted molar refractivity (Wildman–Crippen MR) is 83.9 cm³/mol. The molecule has 0 aliphatic rings. The van der Waals surface area contributed by atoms with E-state index in [1.54, 1.807) is 12.1 Å². The number of halogens is 1. The molecule has 0 aromatic heterocycles. The normalized spacial score (nSPS) is 12.5. The summed E-state index contributed by atoms with van der Waals surface area (Å²) in [5.74, 6) is 0.388. The number of hydrogen-bond donors (Lipinski definition) is 1. The van der Waals surface area contributed by atoms with Crippen LogP contribution >= 0.6 is 0 Å². The van der Waals surface area contributed by atoms with Gasteiger partial charge in [0.25, 0.3) is 0 Å². The third kappa shape index (κ3) is 4.05. The van der Waals surface area contributed by atoms with Gasteiger partial charge in [-0.05, 0) is 41.7 Å². The SMILES string of the molecule is CC(C)c1ccc(COc2ccc([C@H](C)N)cc2F)cc1. The van der Waals surface area contributed by atoms with Gasteiger partial charge in [0.05, 0.1) is 0 Å². The summed E-state index contributed by atoms with van der Waals surface area (Å²) in [6.45, 7) is 6.49. The van der Waals surface area contributed by atoms with E-state index < -0.39 is 0 Å². The zero-order valence-electron chi connectivity index (χ0n) is 12.8. The minimum atomic E-state index is -0.372. The zero-order chi connectivity index (χ0) is 15.4. The smallest absolute Gasteiger partial charge is 0.165 e. The number of benzene rings is 2. The van der Waals surface area contributed by atoms with Crippen molar-refractivity contribution in [2.45, 2.75) is 39.3 Å². The Morgan fingerprint density at radius 1 is 1.00 bits per heavy atom. The van der Waals surface area contributed by atoms with E-state index in [0.717, 1.165) is 11.1 Å². The molecule has 0 bridgehead atoms. The molecule has 0 saturated carbocycles. The molecule has 2 N–H and O–H groups in total. The first-order valence-corrected chi connectivity index (χ1v) is 7.24.